The van der Waals surface area contributed by atoms with E-state index in [1.807, 2.05) is 20.8 Å². The van der Waals surface area contributed by atoms with Crippen molar-refractivity contribution in [3.8, 4) is 0 Å². The van der Waals surface area contributed by atoms with E-state index in [-0.39, 0.29) is 17.0 Å². The number of anilines is 1. The molecule has 0 saturated heterocycles. The predicted octanol–water partition coefficient (Wildman–Crippen LogP) is 2.65. The van der Waals surface area contributed by atoms with E-state index in [0.29, 0.717) is 11.3 Å². The van der Waals surface area contributed by atoms with Gasteiger partial charge in [-0.1, -0.05) is 6.07 Å². The zero-order chi connectivity index (χ0) is 19.3. The topological polar surface area (TPSA) is 97.4 Å². The summed E-state index contributed by atoms with van der Waals surface area (Å²) in [6, 6.07) is 7.84. The normalized spacial score (nSPS) is 10.8. The molecule has 2 N–H and O–H groups in total. The Hall–Kier alpha value is -3.22. The van der Waals surface area contributed by atoms with E-state index >= 15 is 0 Å². The lowest BCUT2D eigenvalue weighted by atomic mass is 10.1. The lowest BCUT2D eigenvalue weighted by Gasteiger charge is -2.20. The molecule has 1 aromatic heterocycles. The largest absolute Gasteiger partial charge is 0.465 e. The first-order chi connectivity index (χ1) is 12.2. The molecular formula is C19H21N3O4. The minimum absolute atomic E-state index is 0.232. The standard InChI is InChI=1S/C19H21N3O4/c1-19(2,3)22-17(24)14-8-13(10-20-11-14)16(23)21-15-7-5-6-12(9-15)18(25)26-4/h5-11H,1-4H3,(H,21,23)(H,22,24). The van der Waals surface area contributed by atoms with Gasteiger partial charge in [-0.3, -0.25) is 14.6 Å². The van der Waals surface area contributed by atoms with Gasteiger partial charge in [-0.05, 0) is 45.0 Å². The molecule has 0 aliphatic heterocycles. The molecular weight excluding hydrogens is 334 g/mol. The van der Waals surface area contributed by atoms with Crippen molar-refractivity contribution in [2.45, 2.75) is 26.3 Å². The third kappa shape index (κ3) is 5.14. The number of nitrogens with zero attached hydrogens (tertiary/aromatic N) is 1. The number of benzene rings is 1. The van der Waals surface area contributed by atoms with Gasteiger partial charge < -0.3 is 15.4 Å². The number of pyridine rings is 1. The highest BCUT2D eigenvalue weighted by molar-refractivity contribution is 6.06. The average Bonchev–Trinajstić information content (AvgIpc) is 2.60. The molecule has 0 aliphatic carbocycles. The molecule has 26 heavy (non-hydrogen) atoms. The van der Waals surface area contributed by atoms with Gasteiger partial charge >= 0.3 is 5.97 Å². The fraction of sp³-hybridized carbons (Fsp3) is 0.263. The smallest absolute Gasteiger partial charge is 0.337 e. The van der Waals surface area contributed by atoms with E-state index in [1.54, 1.807) is 18.2 Å². The number of nitrogens with one attached hydrogen (secondary N) is 2. The number of aromatic nitrogens is 1. The molecule has 0 bridgehead atoms. The molecule has 7 heteroatoms. The Morgan fingerprint density at radius 3 is 2.23 bits per heavy atom. The zero-order valence-corrected chi connectivity index (χ0v) is 15.1. The van der Waals surface area contributed by atoms with Gasteiger partial charge in [-0.15, -0.1) is 0 Å². The fourth-order valence-electron chi connectivity index (χ4n) is 2.15. The van der Waals surface area contributed by atoms with Gasteiger partial charge in [0.25, 0.3) is 11.8 Å². The Morgan fingerprint density at radius 2 is 1.62 bits per heavy atom. The van der Waals surface area contributed by atoms with Crippen molar-refractivity contribution >= 4 is 23.5 Å². The summed E-state index contributed by atoms with van der Waals surface area (Å²) in [5.74, 6) is -1.25. The number of carbonyl (C=O) groups is 3. The fourth-order valence-corrected chi connectivity index (χ4v) is 2.15. The Bertz CT molecular complexity index is 841. The number of ether oxygens (including phenoxy) is 1. The van der Waals surface area contributed by atoms with Crippen LogP contribution in [0.3, 0.4) is 0 Å². The second-order valence-electron chi connectivity index (χ2n) is 6.69. The highest BCUT2D eigenvalue weighted by Gasteiger charge is 2.17. The van der Waals surface area contributed by atoms with Gasteiger partial charge in [0.05, 0.1) is 23.8 Å². The maximum Gasteiger partial charge on any atom is 0.337 e. The molecule has 1 aromatic carbocycles. The van der Waals surface area contributed by atoms with Crippen LogP contribution < -0.4 is 10.6 Å². The first-order valence-electron chi connectivity index (χ1n) is 7.97. The third-order valence-corrected chi connectivity index (χ3v) is 3.29. The van der Waals surface area contributed by atoms with Crippen LogP contribution in [0.1, 0.15) is 51.8 Å². The molecule has 7 nitrogen and oxygen atoms in total. The third-order valence-electron chi connectivity index (χ3n) is 3.29. The predicted molar refractivity (Wildman–Crippen MR) is 97.2 cm³/mol. The van der Waals surface area contributed by atoms with Crippen molar-refractivity contribution in [3.05, 3.63) is 59.4 Å². The number of esters is 1. The number of methoxy groups -OCH3 is 1. The van der Waals surface area contributed by atoms with Crippen LogP contribution in [0.5, 0.6) is 0 Å². The summed E-state index contributed by atoms with van der Waals surface area (Å²) in [7, 11) is 1.29. The van der Waals surface area contributed by atoms with Gasteiger partial charge in [0.15, 0.2) is 0 Å². The van der Waals surface area contributed by atoms with Gasteiger partial charge in [0.2, 0.25) is 0 Å². The Morgan fingerprint density at radius 1 is 0.962 bits per heavy atom. The number of hydrogen-bond donors (Lipinski definition) is 2. The zero-order valence-electron chi connectivity index (χ0n) is 15.1. The van der Waals surface area contributed by atoms with Crippen molar-refractivity contribution in [2.75, 3.05) is 12.4 Å². The van der Waals surface area contributed by atoms with Crippen LogP contribution in [-0.4, -0.2) is 35.4 Å². The average molecular weight is 355 g/mol. The summed E-state index contributed by atoms with van der Waals surface area (Å²) in [5, 5.41) is 5.49. The number of hydrogen-bond acceptors (Lipinski definition) is 5. The second-order valence-corrected chi connectivity index (χ2v) is 6.69. The molecule has 0 saturated carbocycles. The molecule has 136 valence electrons. The minimum atomic E-state index is -0.497. The SMILES string of the molecule is COC(=O)c1cccc(NC(=O)c2cncc(C(=O)NC(C)(C)C)c2)c1. The quantitative estimate of drug-likeness (QED) is 0.822. The van der Waals surface area contributed by atoms with E-state index in [2.05, 4.69) is 20.4 Å². The van der Waals surface area contributed by atoms with Crippen LogP contribution in [0.15, 0.2) is 42.7 Å². The highest BCUT2D eigenvalue weighted by Crippen LogP contribution is 2.14. The van der Waals surface area contributed by atoms with E-state index in [1.165, 1.54) is 31.6 Å². The lowest BCUT2D eigenvalue weighted by molar-refractivity contribution is 0.0600. The van der Waals surface area contributed by atoms with Gasteiger partial charge in [0, 0.05) is 23.6 Å². The van der Waals surface area contributed by atoms with Crippen LogP contribution in [0.4, 0.5) is 5.69 Å². The second kappa shape index (κ2) is 7.77. The molecule has 2 amide bonds. The van der Waals surface area contributed by atoms with E-state index in [9.17, 15) is 14.4 Å². The van der Waals surface area contributed by atoms with Gasteiger partial charge in [-0.2, -0.15) is 0 Å². The van der Waals surface area contributed by atoms with Crippen molar-refractivity contribution < 1.29 is 19.1 Å². The van der Waals surface area contributed by atoms with Crippen molar-refractivity contribution in [1.82, 2.24) is 10.3 Å². The first kappa shape index (κ1) is 19.1. The Labute approximate surface area is 151 Å². The molecule has 2 aromatic rings. The molecule has 0 fully saturated rings. The maximum absolute atomic E-state index is 12.4. The number of rotatable bonds is 4. The van der Waals surface area contributed by atoms with E-state index in [4.69, 9.17) is 0 Å². The Kier molecular flexibility index (Phi) is 5.71. The summed E-state index contributed by atoms with van der Waals surface area (Å²) in [6.07, 6.45) is 2.77. The van der Waals surface area contributed by atoms with Crippen LogP contribution in [0.25, 0.3) is 0 Å². The number of carbonyl (C=O) groups excluding carboxylic acids is 3. The lowest BCUT2D eigenvalue weighted by Crippen LogP contribution is -2.40. The highest BCUT2D eigenvalue weighted by atomic mass is 16.5. The van der Waals surface area contributed by atoms with E-state index in [0.717, 1.165) is 0 Å². The Balaban J connectivity index is 2.17. The molecule has 1 heterocycles. The molecule has 0 atom stereocenters. The summed E-state index contributed by atoms with van der Waals surface area (Å²) < 4.78 is 4.66. The van der Waals surface area contributed by atoms with Gasteiger partial charge in [-0.25, -0.2) is 4.79 Å². The van der Waals surface area contributed by atoms with Crippen molar-refractivity contribution in [1.29, 1.82) is 0 Å². The summed E-state index contributed by atoms with van der Waals surface area (Å²) in [5.41, 5.74) is 0.874. The molecule has 0 spiro atoms. The summed E-state index contributed by atoms with van der Waals surface area (Å²) in [6.45, 7) is 5.59. The van der Waals surface area contributed by atoms with E-state index < -0.39 is 17.4 Å². The molecule has 2 rings (SSSR count). The summed E-state index contributed by atoms with van der Waals surface area (Å²) >= 11 is 0. The minimum Gasteiger partial charge on any atom is -0.465 e. The van der Waals surface area contributed by atoms with Crippen LogP contribution in [-0.2, 0) is 4.74 Å². The van der Waals surface area contributed by atoms with Crippen LogP contribution in [0.2, 0.25) is 0 Å². The summed E-state index contributed by atoms with van der Waals surface area (Å²) in [4.78, 5) is 40.2. The molecule has 0 aliphatic rings. The molecule has 0 unspecified atom stereocenters. The number of amides is 2. The van der Waals surface area contributed by atoms with Crippen LogP contribution in [0, 0.1) is 0 Å². The van der Waals surface area contributed by atoms with Crippen LogP contribution >= 0.6 is 0 Å². The molecule has 0 radical (unpaired) electrons. The van der Waals surface area contributed by atoms with Crippen molar-refractivity contribution in [3.63, 3.8) is 0 Å². The maximum atomic E-state index is 12.4. The van der Waals surface area contributed by atoms with Gasteiger partial charge in [0.1, 0.15) is 0 Å². The first-order valence-corrected chi connectivity index (χ1v) is 7.97. The van der Waals surface area contributed by atoms with Crippen molar-refractivity contribution in [2.24, 2.45) is 0 Å². The monoisotopic (exact) mass is 355 g/mol.